The fraction of sp³-hybridized carbons (Fsp3) is 0.105. The average molecular weight is 308 g/mol. The summed E-state index contributed by atoms with van der Waals surface area (Å²) in [5.41, 5.74) is 1.67. The number of hydrogen-bond donors (Lipinski definition) is 1. The van der Waals surface area contributed by atoms with Crippen molar-refractivity contribution in [3.63, 3.8) is 0 Å². The fourth-order valence-corrected chi connectivity index (χ4v) is 2.49. The lowest BCUT2D eigenvalue weighted by molar-refractivity contribution is -0.119. The molecule has 3 rings (SSSR count). The summed E-state index contributed by atoms with van der Waals surface area (Å²) in [5.74, 6) is -0.453. The van der Waals surface area contributed by atoms with Gasteiger partial charge in [-0.15, -0.1) is 0 Å². The zero-order valence-corrected chi connectivity index (χ0v) is 12.5. The standard InChI is InChI=1S/C19H17FN2O/c20-16-8-10-17(11-9-16)21-19(23)18(22-12-4-5-13-22)14-15-6-2-1-3-7-15/h1-13,18H,14H2,(H,21,23)/t18-/m0/s1. The molecule has 0 fully saturated rings. The van der Waals surface area contributed by atoms with Crippen molar-refractivity contribution < 1.29 is 9.18 Å². The number of benzene rings is 2. The van der Waals surface area contributed by atoms with Gasteiger partial charge in [0.1, 0.15) is 11.9 Å². The molecule has 23 heavy (non-hydrogen) atoms. The van der Waals surface area contributed by atoms with Crippen LogP contribution in [-0.4, -0.2) is 10.5 Å². The van der Waals surface area contributed by atoms with E-state index in [1.807, 2.05) is 59.4 Å². The molecule has 0 saturated carbocycles. The molecule has 1 aromatic heterocycles. The predicted octanol–water partition coefficient (Wildman–Crippen LogP) is 4.05. The minimum Gasteiger partial charge on any atom is -0.342 e. The number of anilines is 1. The van der Waals surface area contributed by atoms with E-state index < -0.39 is 0 Å². The molecule has 0 radical (unpaired) electrons. The lowest BCUT2D eigenvalue weighted by atomic mass is 10.0. The summed E-state index contributed by atoms with van der Waals surface area (Å²) < 4.78 is 14.9. The molecule has 116 valence electrons. The molecule has 1 atom stereocenters. The maximum atomic E-state index is 13.0. The molecule has 0 aliphatic rings. The highest BCUT2D eigenvalue weighted by Crippen LogP contribution is 2.18. The number of nitrogens with one attached hydrogen (secondary N) is 1. The number of amides is 1. The highest BCUT2D eigenvalue weighted by molar-refractivity contribution is 5.93. The van der Waals surface area contributed by atoms with Gasteiger partial charge in [-0.2, -0.15) is 0 Å². The van der Waals surface area contributed by atoms with Crippen molar-refractivity contribution in [1.82, 2.24) is 4.57 Å². The van der Waals surface area contributed by atoms with Gasteiger partial charge in [-0.05, 0) is 42.0 Å². The number of halogens is 1. The third-order valence-electron chi connectivity index (χ3n) is 3.67. The van der Waals surface area contributed by atoms with Crippen LogP contribution in [0, 0.1) is 5.82 Å². The van der Waals surface area contributed by atoms with E-state index >= 15 is 0 Å². The summed E-state index contributed by atoms with van der Waals surface area (Å²) in [4.78, 5) is 12.7. The highest BCUT2D eigenvalue weighted by atomic mass is 19.1. The second kappa shape index (κ2) is 6.92. The van der Waals surface area contributed by atoms with Gasteiger partial charge in [-0.1, -0.05) is 30.3 Å². The fourth-order valence-electron chi connectivity index (χ4n) is 2.49. The van der Waals surface area contributed by atoms with Crippen molar-refractivity contribution in [2.24, 2.45) is 0 Å². The molecule has 3 aromatic rings. The Hall–Kier alpha value is -2.88. The first kappa shape index (κ1) is 15.0. The van der Waals surface area contributed by atoms with Gasteiger partial charge in [-0.25, -0.2) is 4.39 Å². The van der Waals surface area contributed by atoms with Gasteiger partial charge in [0.25, 0.3) is 0 Å². The molecule has 1 amide bonds. The molecule has 3 nitrogen and oxygen atoms in total. The zero-order chi connectivity index (χ0) is 16.1. The topological polar surface area (TPSA) is 34.0 Å². The number of hydrogen-bond acceptors (Lipinski definition) is 1. The summed E-state index contributed by atoms with van der Waals surface area (Å²) in [7, 11) is 0. The smallest absolute Gasteiger partial charge is 0.247 e. The van der Waals surface area contributed by atoms with Crippen LogP contribution in [0.3, 0.4) is 0 Å². The molecule has 0 aliphatic carbocycles. The molecule has 2 aromatic carbocycles. The van der Waals surface area contributed by atoms with Crippen molar-refractivity contribution in [2.75, 3.05) is 5.32 Å². The molecule has 1 heterocycles. The molecule has 1 N–H and O–H groups in total. The van der Waals surface area contributed by atoms with E-state index in [0.29, 0.717) is 12.1 Å². The van der Waals surface area contributed by atoms with E-state index in [0.717, 1.165) is 5.56 Å². The molecule has 0 aliphatic heterocycles. The summed E-state index contributed by atoms with van der Waals surface area (Å²) in [6.45, 7) is 0. The minimum absolute atomic E-state index is 0.128. The van der Waals surface area contributed by atoms with Crippen LogP contribution in [-0.2, 0) is 11.2 Å². The SMILES string of the molecule is O=C(Nc1ccc(F)cc1)[C@H](Cc1ccccc1)n1cccc1. The molecule has 0 unspecified atom stereocenters. The third-order valence-corrected chi connectivity index (χ3v) is 3.67. The number of carbonyl (C=O) groups excluding carboxylic acids is 1. The predicted molar refractivity (Wildman–Crippen MR) is 88.6 cm³/mol. The van der Waals surface area contributed by atoms with Crippen molar-refractivity contribution in [3.05, 3.63) is 90.5 Å². The molecular weight excluding hydrogens is 291 g/mol. The van der Waals surface area contributed by atoms with Crippen LogP contribution >= 0.6 is 0 Å². The van der Waals surface area contributed by atoms with Gasteiger partial charge in [0.05, 0.1) is 0 Å². The lowest BCUT2D eigenvalue weighted by Gasteiger charge is -2.19. The Bertz CT molecular complexity index is 752. The summed E-state index contributed by atoms with van der Waals surface area (Å²) in [6, 6.07) is 19.1. The van der Waals surface area contributed by atoms with Gasteiger partial charge in [0.2, 0.25) is 5.91 Å². The van der Waals surface area contributed by atoms with E-state index in [2.05, 4.69) is 5.32 Å². The van der Waals surface area contributed by atoms with Crippen LogP contribution in [0.5, 0.6) is 0 Å². The van der Waals surface area contributed by atoms with E-state index in [1.54, 1.807) is 12.1 Å². The Labute approximate surface area is 134 Å². The average Bonchev–Trinajstić information content (AvgIpc) is 3.10. The van der Waals surface area contributed by atoms with Crippen molar-refractivity contribution >= 4 is 11.6 Å². The Morgan fingerprint density at radius 2 is 1.61 bits per heavy atom. The Kier molecular flexibility index (Phi) is 4.52. The first-order chi connectivity index (χ1) is 11.2. The Balaban J connectivity index is 1.80. The van der Waals surface area contributed by atoms with Gasteiger partial charge < -0.3 is 9.88 Å². The maximum absolute atomic E-state index is 13.0. The lowest BCUT2D eigenvalue weighted by Crippen LogP contribution is -2.27. The molecule has 0 saturated heterocycles. The van der Waals surface area contributed by atoms with Crippen LogP contribution in [0.2, 0.25) is 0 Å². The number of rotatable bonds is 5. The molecule has 0 spiro atoms. The molecule has 0 bridgehead atoms. The van der Waals surface area contributed by atoms with Crippen LogP contribution < -0.4 is 5.32 Å². The van der Waals surface area contributed by atoms with Crippen LogP contribution in [0.15, 0.2) is 79.1 Å². The van der Waals surface area contributed by atoms with E-state index in [1.165, 1.54) is 12.1 Å². The van der Waals surface area contributed by atoms with E-state index in [9.17, 15) is 9.18 Å². The number of aromatic nitrogens is 1. The van der Waals surface area contributed by atoms with Gasteiger partial charge in [0, 0.05) is 24.5 Å². The maximum Gasteiger partial charge on any atom is 0.247 e. The van der Waals surface area contributed by atoms with Crippen molar-refractivity contribution in [1.29, 1.82) is 0 Å². The van der Waals surface area contributed by atoms with Crippen LogP contribution in [0.25, 0.3) is 0 Å². The van der Waals surface area contributed by atoms with Gasteiger partial charge in [-0.3, -0.25) is 4.79 Å². The highest BCUT2D eigenvalue weighted by Gasteiger charge is 2.20. The van der Waals surface area contributed by atoms with E-state index in [-0.39, 0.29) is 17.8 Å². The molecular formula is C19H17FN2O. The summed E-state index contributed by atoms with van der Waals surface area (Å²) in [6.07, 6.45) is 4.33. The van der Waals surface area contributed by atoms with Crippen LogP contribution in [0.4, 0.5) is 10.1 Å². The largest absolute Gasteiger partial charge is 0.342 e. The first-order valence-corrected chi connectivity index (χ1v) is 7.45. The normalized spacial score (nSPS) is 11.9. The van der Waals surface area contributed by atoms with Crippen LogP contribution in [0.1, 0.15) is 11.6 Å². The quantitative estimate of drug-likeness (QED) is 0.758. The summed E-state index contributed by atoms with van der Waals surface area (Å²) in [5, 5.41) is 2.85. The third kappa shape index (κ3) is 3.86. The van der Waals surface area contributed by atoms with Gasteiger partial charge >= 0.3 is 0 Å². The summed E-state index contributed by atoms with van der Waals surface area (Å²) >= 11 is 0. The molecule has 4 heteroatoms. The minimum atomic E-state index is -0.363. The Morgan fingerprint density at radius 1 is 0.957 bits per heavy atom. The van der Waals surface area contributed by atoms with Crippen molar-refractivity contribution in [2.45, 2.75) is 12.5 Å². The monoisotopic (exact) mass is 308 g/mol. The van der Waals surface area contributed by atoms with E-state index in [4.69, 9.17) is 0 Å². The van der Waals surface area contributed by atoms with Gasteiger partial charge in [0.15, 0.2) is 0 Å². The second-order valence-corrected chi connectivity index (χ2v) is 5.33. The first-order valence-electron chi connectivity index (χ1n) is 7.45. The number of nitrogens with zero attached hydrogens (tertiary/aromatic N) is 1. The second-order valence-electron chi connectivity index (χ2n) is 5.33. The number of carbonyl (C=O) groups is 1. The van der Waals surface area contributed by atoms with Crippen molar-refractivity contribution in [3.8, 4) is 0 Å². The Morgan fingerprint density at radius 3 is 2.26 bits per heavy atom. The zero-order valence-electron chi connectivity index (χ0n) is 12.5.